The molecule has 0 radical (unpaired) electrons. The number of hydrogen-bond acceptors (Lipinski definition) is 4. The van der Waals surface area contributed by atoms with Crippen molar-refractivity contribution in [1.29, 1.82) is 0 Å². The standard InChI is InChI=1S/C8H13N3O3S/c9-5-6-14-8-4-2-1-3-7(8)11-15(10,12)13/h1-4,11H,5-6,9H2,(H2,10,12,13). The lowest BCUT2D eigenvalue weighted by molar-refractivity contribution is 0.330. The Bertz CT molecular complexity index is 419. The summed E-state index contributed by atoms with van der Waals surface area (Å²) in [5.41, 5.74) is 5.56. The first-order chi connectivity index (χ1) is 7.03. The Morgan fingerprint density at radius 1 is 1.33 bits per heavy atom. The van der Waals surface area contributed by atoms with E-state index in [0.717, 1.165) is 0 Å². The maximum Gasteiger partial charge on any atom is 0.296 e. The first kappa shape index (κ1) is 11.8. The highest BCUT2D eigenvalue weighted by Gasteiger charge is 2.07. The van der Waals surface area contributed by atoms with Gasteiger partial charge in [0.05, 0.1) is 5.69 Å². The van der Waals surface area contributed by atoms with E-state index in [2.05, 4.69) is 4.72 Å². The minimum Gasteiger partial charge on any atom is -0.490 e. The Morgan fingerprint density at radius 3 is 2.60 bits per heavy atom. The third-order valence-corrected chi connectivity index (χ3v) is 2.02. The SMILES string of the molecule is NCCOc1ccccc1NS(N)(=O)=O. The maximum absolute atomic E-state index is 10.8. The summed E-state index contributed by atoms with van der Waals surface area (Å²) in [4.78, 5) is 0. The highest BCUT2D eigenvalue weighted by atomic mass is 32.2. The minimum atomic E-state index is -3.79. The van der Waals surface area contributed by atoms with Crippen molar-refractivity contribution in [3.8, 4) is 5.75 Å². The molecule has 0 aromatic heterocycles. The largest absolute Gasteiger partial charge is 0.490 e. The summed E-state index contributed by atoms with van der Waals surface area (Å²) in [6.07, 6.45) is 0. The average molecular weight is 231 g/mol. The van der Waals surface area contributed by atoms with Crippen molar-refractivity contribution in [3.63, 3.8) is 0 Å². The summed E-state index contributed by atoms with van der Waals surface area (Å²) < 4.78 is 29.0. The fraction of sp³-hybridized carbons (Fsp3) is 0.250. The molecule has 0 spiro atoms. The first-order valence-corrected chi connectivity index (χ1v) is 5.80. The fourth-order valence-electron chi connectivity index (χ4n) is 0.999. The van der Waals surface area contributed by atoms with Gasteiger partial charge in [0.1, 0.15) is 12.4 Å². The predicted molar refractivity (Wildman–Crippen MR) is 57.7 cm³/mol. The molecule has 5 N–H and O–H groups in total. The van der Waals surface area contributed by atoms with Gasteiger partial charge in [-0.25, -0.2) is 5.14 Å². The van der Waals surface area contributed by atoms with Crippen LogP contribution in [0.25, 0.3) is 0 Å². The summed E-state index contributed by atoms with van der Waals surface area (Å²) in [6.45, 7) is 0.660. The zero-order valence-electron chi connectivity index (χ0n) is 8.01. The van der Waals surface area contributed by atoms with E-state index >= 15 is 0 Å². The number of anilines is 1. The van der Waals surface area contributed by atoms with Gasteiger partial charge in [-0.05, 0) is 12.1 Å². The normalized spacial score (nSPS) is 11.1. The number of ether oxygens (including phenoxy) is 1. The van der Waals surface area contributed by atoms with E-state index in [0.29, 0.717) is 24.6 Å². The van der Waals surface area contributed by atoms with Crippen LogP contribution < -0.4 is 20.3 Å². The molecule has 0 bridgehead atoms. The van der Waals surface area contributed by atoms with Crippen molar-refractivity contribution in [3.05, 3.63) is 24.3 Å². The summed E-state index contributed by atoms with van der Waals surface area (Å²) >= 11 is 0. The van der Waals surface area contributed by atoms with E-state index in [9.17, 15) is 8.42 Å². The van der Waals surface area contributed by atoms with Crippen molar-refractivity contribution in [1.82, 2.24) is 0 Å². The quantitative estimate of drug-likeness (QED) is 0.643. The molecule has 1 aromatic rings. The molecule has 6 nitrogen and oxygen atoms in total. The van der Waals surface area contributed by atoms with Gasteiger partial charge in [0.15, 0.2) is 0 Å². The van der Waals surface area contributed by atoms with Crippen LogP contribution in [0.4, 0.5) is 5.69 Å². The van der Waals surface area contributed by atoms with Crippen LogP contribution in [0.2, 0.25) is 0 Å². The molecule has 1 aromatic carbocycles. The Kier molecular flexibility index (Phi) is 3.89. The molecule has 0 aliphatic carbocycles. The molecule has 0 atom stereocenters. The molecule has 0 aliphatic heterocycles. The highest BCUT2D eigenvalue weighted by molar-refractivity contribution is 7.90. The maximum atomic E-state index is 10.8. The summed E-state index contributed by atoms with van der Waals surface area (Å²) in [7, 11) is -3.79. The fourth-order valence-corrected chi connectivity index (χ4v) is 1.47. The van der Waals surface area contributed by atoms with E-state index in [-0.39, 0.29) is 0 Å². The lowest BCUT2D eigenvalue weighted by Gasteiger charge is -2.10. The number of nitrogens with one attached hydrogen (secondary N) is 1. The van der Waals surface area contributed by atoms with Gasteiger partial charge in [0.25, 0.3) is 10.2 Å². The molecule has 0 heterocycles. The molecule has 0 aliphatic rings. The lowest BCUT2D eigenvalue weighted by atomic mass is 10.3. The van der Waals surface area contributed by atoms with Crippen LogP contribution in [0.5, 0.6) is 5.75 Å². The molecule has 84 valence electrons. The molecule has 0 saturated carbocycles. The molecule has 1 rings (SSSR count). The third kappa shape index (κ3) is 4.15. The van der Waals surface area contributed by atoms with Crippen LogP contribution in [0.1, 0.15) is 0 Å². The average Bonchev–Trinajstić information content (AvgIpc) is 2.14. The van der Waals surface area contributed by atoms with Gasteiger partial charge >= 0.3 is 0 Å². The van der Waals surface area contributed by atoms with Crippen LogP contribution >= 0.6 is 0 Å². The summed E-state index contributed by atoms with van der Waals surface area (Å²) in [6, 6.07) is 6.57. The zero-order chi connectivity index (χ0) is 11.3. The predicted octanol–water partition coefficient (Wildman–Crippen LogP) is -0.360. The van der Waals surface area contributed by atoms with Crippen molar-refractivity contribution in [2.45, 2.75) is 0 Å². The van der Waals surface area contributed by atoms with Crippen LogP contribution in [0.15, 0.2) is 24.3 Å². The number of para-hydroxylation sites is 2. The Labute approximate surface area is 88.4 Å². The van der Waals surface area contributed by atoms with Crippen LogP contribution in [0, 0.1) is 0 Å². The van der Waals surface area contributed by atoms with Gasteiger partial charge in [-0.3, -0.25) is 4.72 Å². The van der Waals surface area contributed by atoms with Crippen molar-refractivity contribution in [2.75, 3.05) is 17.9 Å². The molecule has 0 saturated heterocycles. The second-order valence-corrected chi connectivity index (χ2v) is 4.07. The van der Waals surface area contributed by atoms with E-state index < -0.39 is 10.2 Å². The van der Waals surface area contributed by atoms with Gasteiger partial charge < -0.3 is 10.5 Å². The highest BCUT2D eigenvalue weighted by Crippen LogP contribution is 2.23. The summed E-state index contributed by atoms with van der Waals surface area (Å²) in [5.74, 6) is 0.400. The monoisotopic (exact) mass is 231 g/mol. The smallest absolute Gasteiger partial charge is 0.296 e. The Balaban J connectivity index is 2.86. The van der Waals surface area contributed by atoms with Gasteiger partial charge in [-0.2, -0.15) is 8.42 Å². The number of nitrogens with two attached hydrogens (primary N) is 2. The minimum absolute atomic E-state index is 0.299. The molecular weight excluding hydrogens is 218 g/mol. The van der Waals surface area contributed by atoms with Gasteiger partial charge in [-0.1, -0.05) is 12.1 Å². The molecule has 7 heteroatoms. The van der Waals surface area contributed by atoms with Crippen LogP contribution in [-0.4, -0.2) is 21.6 Å². The number of hydrogen-bond donors (Lipinski definition) is 3. The van der Waals surface area contributed by atoms with E-state index in [1.807, 2.05) is 0 Å². The van der Waals surface area contributed by atoms with Gasteiger partial charge in [0, 0.05) is 6.54 Å². The molecular formula is C8H13N3O3S. The van der Waals surface area contributed by atoms with Crippen molar-refractivity contribution < 1.29 is 13.2 Å². The third-order valence-electron chi connectivity index (χ3n) is 1.51. The van der Waals surface area contributed by atoms with Crippen molar-refractivity contribution in [2.24, 2.45) is 10.9 Å². The first-order valence-electron chi connectivity index (χ1n) is 4.25. The topological polar surface area (TPSA) is 107 Å². The second kappa shape index (κ2) is 4.96. The Morgan fingerprint density at radius 2 is 2.00 bits per heavy atom. The lowest BCUT2D eigenvalue weighted by Crippen LogP contribution is -2.22. The zero-order valence-corrected chi connectivity index (χ0v) is 8.83. The molecule has 15 heavy (non-hydrogen) atoms. The number of benzene rings is 1. The van der Waals surface area contributed by atoms with E-state index in [1.165, 1.54) is 0 Å². The van der Waals surface area contributed by atoms with E-state index in [1.54, 1.807) is 24.3 Å². The molecule has 0 fully saturated rings. The second-order valence-electron chi connectivity index (χ2n) is 2.78. The van der Waals surface area contributed by atoms with Gasteiger partial charge in [0.2, 0.25) is 0 Å². The number of rotatable bonds is 5. The Hall–Kier alpha value is -1.31. The summed E-state index contributed by atoms with van der Waals surface area (Å²) in [5, 5.41) is 4.85. The van der Waals surface area contributed by atoms with Crippen LogP contribution in [-0.2, 0) is 10.2 Å². The molecule has 0 amide bonds. The van der Waals surface area contributed by atoms with Crippen molar-refractivity contribution >= 4 is 15.9 Å². The molecule has 0 unspecified atom stereocenters. The van der Waals surface area contributed by atoms with Crippen LogP contribution in [0.3, 0.4) is 0 Å². The van der Waals surface area contributed by atoms with E-state index in [4.69, 9.17) is 15.6 Å². The van der Waals surface area contributed by atoms with Gasteiger partial charge in [-0.15, -0.1) is 0 Å².